The van der Waals surface area contributed by atoms with E-state index in [1.54, 1.807) is 30.3 Å². The fraction of sp³-hybridized carbons (Fsp3) is 0.0833. The Morgan fingerprint density at radius 2 is 1.68 bits per heavy atom. The predicted octanol–water partition coefficient (Wildman–Crippen LogP) is 6.73. The van der Waals surface area contributed by atoms with Gasteiger partial charge in [-0.05, 0) is 67.4 Å². The molecule has 7 heteroatoms. The third-order valence-corrected chi connectivity index (χ3v) is 5.45. The van der Waals surface area contributed by atoms with E-state index in [0.29, 0.717) is 26.7 Å². The topological polar surface area (TPSA) is 65.7 Å². The molecule has 0 atom stereocenters. The van der Waals surface area contributed by atoms with E-state index >= 15 is 0 Å². The highest BCUT2D eigenvalue weighted by molar-refractivity contribution is 6.32. The third kappa shape index (κ3) is 4.43. The molecular formula is C24H16Cl2O5. The lowest BCUT2D eigenvalue weighted by molar-refractivity contribution is 0.0735. The highest BCUT2D eigenvalue weighted by Gasteiger charge is 2.14. The number of esters is 1. The molecule has 1 heterocycles. The summed E-state index contributed by atoms with van der Waals surface area (Å²) in [5, 5.41) is 1.37. The van der Waals surface area contributed by atoms with Crippen LogP contribution in [0.1, 0.15) is 21.5 Å². The summed E-state index contributed by atoms with van der Waals surface area (Å²) in [6, 6.07) is 14.4. The van der Waals surface area contributed by atoms with E-state index < -0.39 is 5.97 Å². The minimum absolute atomic E-state index is 0.0392. The van der Waals surface area contributed by atoms with E-state index in [2.05, 4.69) is 0 Å². The number of ether oxygens (including phenoxy) is 2. The standard InChI is InChI=1S/C24H16Cl2O5/c1-13-8-18(9-14(2)22(13)26)30-21-12-29-20-11-17(6-7-19(20)23(21)27)31-24(28)15-4-3-5-16(25)10-15/h3-12H,1-2H3. The van der Waals surface area contributed by atoms with Crippen molar-refractivity contribution in [1.29, 1.82) is 0 Å². The molecule has 1 aromatic heterocycles. The number of aryl methyl sites for hydroxylation is 2. The van der Waals surface area contributed by atoms with Crippen LogP contribution >= 0.6 is 23.2 Å². The minimum Gasteiger partial charge on any atom is -0.460 e. The van der Waals surface area contributed by atoms with E-state index in [1.807, 2.05) is 13.8 Å². The van der Waals surface area contributed by atoms with Crippen molar-refractivity contribution < 1.29 is 18.7 Å². The summed E-state index contributed by atoms with van der Waals surface area (Å²) >= 11 is 12.1. The first-order chi connectivity index (χ1) is 14.8. The molecule has 4 aromatic rings. The van der Waals surface area contributed by atoms with Gasteiger partial charge in [-0.2, -0.15) is 0 Å². The molecule has 4 rings (SSSR count). The third-order valence-electron chi connectivity index (χ3n) is 4.62. The van der Waals surface area contributed by atoms with Crippen LogP contribution < -0.4 is 14.9 Å². The number of carbonyl (C=O) groups is 1. The average molecular weight is 455 g/mol. The summed E-state index contributed by atoms with van der Waals surface area (Å²) in [5.74, 6) is 0.186. The molecule has 156 valence electrons. The highest BCUT2D eigenvalue weighted by Crippen LogP contribution is 2.29. The number of hydrogen-bond donors (Lipinski definition) is 0. The highest BCUT2D eigenvalue weighted by atomic mass is 35.5. The zero-order chi connectivity index (χ0) is 22.1. The molecule has 0 N–H and O–H groups in total. The Kier molecular flexibility index (Phi) is 5.72. The quantitative estimate of drug-likeness (QED) is 0.252. The Morgan fingerprint density at radius 1 is 0.935 bits per heavy atom. The van der Waals surface area contributed by atoms with Gasteiger partial charge in [-0.25, -0.2) is 4.79 Å². The molecule has 0 amide bonds. The fourth-order valence-corrected chi connectivity index (χ4v) is 3.40. The SMILES string of the molecule is Cc1cc(Oc2coc3cc(OC(=O)c4cccc(Cl)c4)ccc3c2=O)cc(C)c1Cl. The maximum Gasteiger partial charge on any atom is 0.343 e. The minimum atomic E-state index is -0.572. The number of benzene rings is 3. The molecule has 0 aliphatic heterocycles. The lowest BCUT2D eigenvalue weighted by atomic mass is 10.1. The normalized spacial score (nSPS) is 10.8. The molecule has 0 unspecified atom stereocenters. The van der Waals surface area contributed by atoms with E-state index in [9.17, 15) is 9.59 Å². The first-order valence-electron chi connectivity index (χ1n) is 9.30. The van der Waals surface area contributed by atoms with Gasteiger partial charge in [0, 0.05) is 16.1 Å². The lowest BCUT2D eigenvalue weighted by Gasteiger charge is -2.10. The molecule has 5 nitrogen and oxygen atoms in total. The van der Waals surface area contributed by atoms with Crippen molar-refractivity contribution in [3.8, 4) is 17.2 Å². The van der Waals surface area contributed by atoms with Crippen molar-refractivity contribution in [3.63, 3.8) is 0 Å². The van der Waals surface area contributed by atoms with Gasteiger partial charge in [-0.15, -0.1) is 0 Å². The second-order valence-corrected chi connectivity index (χ2v) is 7.77. The fourth-order valence-electron chi connectivity index (χ4n) is 3.10. The Hall–Kier alpha value is -3.28. The summed E-state index contributed by atoms with van der Waals surface area (Å²) in [4.78, 5) is 25.1. The molecule has 3 aromatic carbocycles. The van der Waals surface area contributed by atoms with Gasteiger partial charge in [0.25, 0.3) is 0 Å². The van der Waals surface area contributed by atoms with E-state index in [1.165, 1.54) is 30.5 Å². The van der Waals surface area contributed by atoms with Crippen LogP contribution in [0.3, 0.4) is 0 Å². The van der Waals surface area contributed by atoms with Crippen LogP contribution in [0.15, 0.2) is 70.1 Å². The number of halogens is 2. The maximum absolute atomic E-state index is 12.8. The molecule has 0 fully saturated rings. The van der Waals surface area contributed by atoms with Gasteiger partial charge in [0.1, 0.15) is 23.3 Å². The molecular weight excluding hydrogens is 439 g/mol. The van der Waals surface area contributed by atoms with Crippen molar-refractivity contribution in [3.05, 3.63) is 97.8 Å². The monoisotopic (exact) mass is 454 g/mol. The summed E-state index contributed by atoms with van der Waals surface area (Å²) in [7, 11) is 0. The van der Waals surface area contributed by atoms with Gasteiger partial charge < -0.3 is 13.9 Å². The zero-order valence-corrected chi connectivity index (χ0v) is 18.1. The van der Waals surface area contributed by atoms with Crippen LogP contribution in [0.4, 0.5) is 0 Å². The van der Waals surface area contributed by atoms with Crippen LogP contribution in [0.5, 0.6) is 17.2 Å². The molecule has 31 heavy (non-hydrogen) atoms. The molecule has 0 saturated heterocycles. The second kappa shape index (κ2) is 8.46. The predicted molar refractivity (Wildman–Crippen MR) is 120 cm³/mol. The average Bonchev–Trinajstić information content (AvgIpc) is 2.74. The van der Waals surface area contributed by atoms with Gasteiger partial charge in [-0.1, -0.05) is 29.3 Å². The first kappa shape index (κ1) is 21.0. The zero-order valence-electron chi connectivity index (χ0n) is 16.6. The smallest absolute Gasteiger partial charge is 0.343 e. The Labute approximate surface area is 187 Å². The molecule has 0 bridgehead atoms. The van der Waals surface area contributed by atoms with Crippen molar-refractivity contribution >= 4 is 40.1 Å². The van der Waals surface area contributed by atoms with Crippen LogP contribution in [-0.2, 0) is 0 Å². The lowest BCUT2D eigenvalue weighted by Crippen LogP contribution is -2.09. The van der Waals surface area contributed by atoms with Gasteiger partial charge in [0.05, 0.1) is 10.9 Å². The Bertz CT molecular complexity index is 1350. The Balaban J connectivity index is 1.61. The number of carbonyl (C=O) groups excluding carboxylic acids is 1. The maximum atomic E-state index is 12.8. The molecule has 0 saturated carbocycles. The van der Waals surface area contributed by atoms with Crippen LogP contribution in [0.25, 0.3) is 11.0 Å². The largest absolute Gasteiger partial charge is 0.460 e. The number of hydrogen-bond acceptors (Lipinski definition) is 5. The van der Waals surface area contributed by atoms with Crippen LogP contribution in [0.2, 0.25) is 10.0 Å². The van der Waals surface area contributed by atoms with Gasteiger partial charge in [0.2, 0.25) is 11.2 Å². The second-order valence-electron chi connectivity index (χ2n) is 6.96. The first-order valence-corrected chi connectivity index (χ1v) is 10.1. The molecule has 0 aliphatic carbocycles. The van der Waals surface area contributed by atoms with Crippen molar-refractivity contribution in [2.24, 2.45) is 0 Å². The molecule has 0 radical (unpaired) electrons. The van der Waals surface area contributed by atoms with Crippen molar-refractivity contribution in [2.75, 3.05) is 0 Å². The van der Waals surface area contributed by atoms with Crippen molar-refractivity contribution in [1.82, 2.24) is 0 Å². The molecule has 0 aliphatic rings. The van der Waals surface area contributed by atoms with Gasteiger partial charge in [-0.3, -0.25) is 4.79 Å². The van der Waals surface area contributed by atoms with E-state index in [0.717, 1.165) is 11.1 Å². The van der Waals surface area contributed by atoms with E-state index in [-0.39, 0.29) is 22.5 Å². The number of rotatable bonds is 4. The number of fused-ring (bicyclic) bond motifs is 1. The van der Waals surface area contributed by atoms with E-state index in [4.69, 9.17) is 37.1 Å². The van der Waals surface area contributed by atoms with Gasteiger partial charge >= 0.3 is 5.97 Å². The van der Waals surface area contributed by atoms with Crippen LogP contribution in [-0.4, -0.2) is 5.97 Å². The van der Waals surface area contributed by atoms with Gasteiger partial charge in [0.15, 0.2) is 0 Å². The summed E-state index contributed by atoms with van der Waals surface area (Å²) in [6.07, 6.45) is 1.23. The Morgan fingerprint density at radius 3 is 2.39 bits per heavy atom. The summed E-state index contributed by atoms with van der Waals surface area (Å²) < 4.78 is 16.7. The van der Waals surface area contributed by atoms with Crippen LogP contribution in [0, 0.1) is 13.8 Å². The van der Waals surface area contributed by atoms with Crippen molar-refractivity contribution in [2.45, 2.75) is 13.8 Å². The summed E-state index contributed by atoms with van der Waals surface area (Å²) in [6.45, 7) is 3.72. The summed E-state index contributed by atoms with van der Waals surface area (Å²) in [5.41, 5.74) is 1.91. The molecule has 0 spiro atoms.